The Bertz CT molecular complexity index is 2840. The van der Waals surface area contributed by atoms with Crippen LogP contribution >= 0.6 is 11.3 Å². The van der Waals surface area contributed by atoms with Crippen molar-refractivity contribution >= 4 is 53.1 Å². The van der Waals surface area contributed by atoms with E-state index in [4.69, 9.17) is 15.0 Å². The molecule has 2 heterocycles. The lowest BCUT2D eigenvalue weighted by Crippen LogP contribution is -2.00. The highest BCUT2D eigenvalue weighted by Gasteiger charge is 2.23. The quantitative estimate of drug-likeness (QED) is 0.183. The van der Waals surface area contributed by atoms with Crippen molar-refractivity contribution < 1.29 is 0 Å². The third-order valence-electron chi connectivity index (χ3n) is 9.73. The Kier molecular flexibility index (Phi) is 7.00. The molecule has 0 spiro atoms. The van der Waals surface area contributed by atoms with Crippen molar-refractivity contribution in [3.63, 3.8) is 0 Å². The van der Waals surface area contributed by atoms with Gasteiger partial charge in [-0.3, -0.25) is 0 Å². The number of thiophene rings is 1. The van der Waals surface area contributed by atoms with Crippen LogP contribution in [0.4, 0.5) is 0 Å². The smallest absolute Gasteiger partial charge is 0.164 e. The normalized spacial score (nSPS) is 11.5. The van der Waals surface area contributed by atoms with Gasteiger partial charge in [-0.2, -0.15) is 0 Å². The lowest BCUT2D eigenvalue weighted by molar-refractivity contribution is 1.08. The van der Waals surface area contributed by atoms with Crippen LogP contribution in [0.15, 0.2) is 176 Å². The summed E-state index contributed by atoms with van der Waals surface area (Å²) < 4.78 is 2.59. The topological polar surface area (TPSA) is 38.7 Å². The molecule has 0 unspecified atom stereocenters. The number of nitrogens with zero attached hydrogens (tertiary/aromatic N) is 3. The zero-order chi connectivity index (χ0) is 33.7. The fourth-order valence-corrected chi connectivity index (χ4v) is 8.75. The molecule has 10 aromatic rings. The maximum Gasteiger partial charge on any atom is 0.164 e. The molecule has 2 aromatic heterocycles. The summed E-state index contributed by atoms with van der Waals surface area (Å²) in [4.78, 5) is 15.2. The number of hydrogen-bond donors (Lipinski definition) is 0. The summed E-state index contributed by atoms with van der Waals surface area (Å²) >= 11 is 1.88. The number of benzene rings is 8. The summed E-state index contributed by atoms with van der Waals surface area (Å²) in [6, 6.07) is 62.0. The van der Waals surface area contributed by atoms with Crippen molar-refractivity contribution in [2.24, 2.45) is 0 Å². The first kappa shape index (κ1) is 29.4. The Balaban J connectivity index is 1.28. The number of rotatable bonds is 5. The van der Waals surface area contributed by atoms with E-state index in [0.717, 1.165) is 27.5 Å². The SMILES string of the molecule is c1ccc(-c2nc(-c3ccccc3)nc(-c3ccc(-c4c5ccccc5c(-c5ccccc5)c5sc6ccccc6c45)c4ccccc34)n2)cc1. The molecule has 8 aromatic carbocycles. The zero-order valence-corrected chi connectivity index (χ0v) is 28.3. The van der Waals surface area contributed by atoms with E-state index in [-0.39, 0.29) is 0 Å². The molecule has 238 valence electrons. The summed E-state index contributed by atoms with van der Waals surface area (Å²) in [5.41, 5.74) is 7.86. The Hall–Kier alpha value is -6.49. The van der Waals surface area contributed by atoms with Crippen molar-refractivity contribution in [3.8, 4) is 56.4 Å². The summed E-state index contributed by atoms with van der Waals surface area (Å²) in [7, 11) is 0. The molecule has 0 bridgehead atoms. The van der Waals surface area contributed by atoms with Gasteiger partial charge in [0.2, 0.25) is 0 Å². The molecule has 0 aliphatic carbocycles. The molecule has 0 saturated carbocycles. The van der Waals surface area contributed by atoms with Gasteiger partial charge in [-0.25, -0.2) is 15.0 Å². The van der Waals surface area contributed by atoms with E-state index < -0.39 is 0 Å². The van der Waals surface area contributed by atoms with Crippen LogP contribution in [0.5, 0.6) is 0 Å². The Labute approximate surface area is 299 Å². The maximum absolute atomic E-state index is 5.11. The minimum absolute atomic E-state index is 0.654. The van der Waals surface area contributed by atoms with Crippen LogP contribution in [0.1, 0.15) is 0 Å². The second-order valence-electron chi connectivity index (χ2n) is 12.7. The van der Waals surface area contributed by atoms with Gasteiger partial charge in [0.15, 0.2) is 17.5 Å². The van der Waals surface area contributed by atoms with Crippen LogP contribution in [0.25, 0.3) is 98.1 Å². The van der Waals surface area contributed by atoms with Crippen LogP contribution in [0.3, 0.4) is 0 Å². The molecule has 0 atom stereocenters. The van der Waals surface area contributed by atoms with Gasteiger partial charge in [-0.1, -0.05) is 164 Å². The molecule has 0 radical (unpaired) electrons. The van der Waals surface area contributed by atoms with Crippen molar-refractivity contribution in [3.05, 3.63) is 176 Å². The summed E-state index contributed by atoms with van der Waals surface area (Å²) in [6.07, 6.45) is 0. The predicted molar refractivity (Wildman–Crippen MR) is 215 cm³/mol. The summed E-state index contributed by atoms with van der Waals surface area (Å²) in [5.74, 6) is 1.96. The van der Waals surface area contributed by atoms with Gasteiger partial charge in [-0.15, -0.1) is 11.3 Å². The van der Waals surface area contributed by atoms with Crippen LogP contribution in [-0.2, 0) is 0 Å². The number of hydrogen-bond acceptors (Lipinski definition) is 4. The third kappa shape index (κ3) is 4.91. The first-order valence-electron chi connectivity index (χ1n) is 17.1. The van der Waals surface area contributed by atoms with Crippen molar-refractivity contribution in [2.75, 3.05) is 0 Å². The summed E-state index contributed by atoms with van der Waals surface area (Å²) in [6.45, 7) is 0. The van der Waals surface area contributed by atoms with Gasteiger partial charge in [-0.05, 0) is 50.4 Å². The predicted octanol–water partition coefficient (Wildman–Crippen LogP) is 12.9. The van der Waals surface area contributed by atoms with Crippen LogP contribution < -0.4 is 0 Å². The second-order valence-corrected chi connectivity index (χ2v) is 13.8. The molecular weight excluding hydrogens is 639 g/mol. The molecule has 51 heavy (non-hydrogen) atoms. The average molecular weight is 668 g/mol. The molecular formula is C47H29N3S. The third-order valence-corrected chi connectivity index (χ3v) is 10.9. The highest BCUT2D eigenvalue weighted by atomic mass is 32.1. The number of fused-ring (bicyclic) bond motifs is 5. The molecule has 0 fully saturated rings. The van der Waals surface area contributed by atoms with E-state index >= 15 is 0 Å². The van der Waals surface area contributed by atoms with E-state index in [1.807, 2.05) is 47.7 Å². The monoisotopic (exact) mass is 667 g/mol. The van der Waals surface area contributed by atoms with E-state index in [9.17, 15) is 0 Å². The lowest BCUT2D eigenvalue weighted by Gasteiger charge is -2.18. The van der Waals surface area contributed by atoms with Gasteiger partial charge in [0.1, 0.15) is 0 Å². The molecule has 10 rings (SSSR count). The highest BCUT2D eigenvalue weighted by Crippen LogP contribution is 2.51. The van der Waals surface area contributed by atoms with E-state index in [2.05, 4.69) is 140 Å². The second kappa shape index (κ2) is 12.1. The number of aromatic nitrogens is 3. The largest absolute Gasteiger partial charge is 0.208 e. The van der Waals surface area contributed by atoms with Gasteiger partial charge >= 0.3 is 0 Å². The van der Waals surface area contributed by atoms with Crippen molar-refractivity contribution in [1.29, 1.82) is 0 Å². The first-order valence-corrected chi connectivity index (χ1v) is 17.9. The first-order chi connectivity index (χ1) is 25.3. The Morgan fingerprint density at radius 1 is 0.314 bits per heavy atom. The van der Waals surface area contributed by atoms with E-state index in [1.54, 1.807) is 0 Å². The fourth-order valence-electron chi connectivity index (χ4n) is 7.46. The highest BCUT2D eigenvalue weighted by molar-refractivity contribution is 7.26. The fraction of sp³-hybridized carbons (Fsp3) is 0. The minimum Gasteiger partial charge on any atom is -0.208 e. The molecule has 4 heteroatoms. The minimum atomic E-state index is 0.654. The lowest BCUT2D eigenvalue weighted by atomic mass is 9.86. The Morgan fingerprint density at radius 3 is 1.35 bits per heavy atom. The zero-order valence-electron chi connectivity index (χ0n) is 27.5. The standard InChI is InChI=1S/C47H29N3S/c1-4-16-30(17-5-1)41-35-24-12-13-25-36(35)42(43-39-26-14-15-27-40(39)51-44(41)43)37-28-29-38(34-23-11-10-22-33(34)37)47-49-45(31-18-6-2-7-19-31)48-46(50-47)32-20-8-3-9-21-32/h1-29H. The maximum atomic E-state index is 5.11. The van der Waals surface area contributed by atoms with Crippen LogP contribution in [0, 0.1) is 0 Å². The molecule has 0 aliphatic rings. The van der Waals surface area contributed by atoms with Gasteiger partial charge < -0.3 is 0 Å². The van der Waals surface area contributed by atoms with Gasteiger partial charge in [0.25, 0.3) is 0 Å². The average Bonchev–Trinajstić information content (AvgIpc) is 3.59. The van der Waals surface area contributed by atoms with Gasteiger partial charge in [0.05, 0.1) is 0 Å². The summed E-state index contributed by atoms with van der Waals surface area (Å²) in [5, 5.41) is 7.33. The molecule has 0 saturated heterocycles. The van der Waals surface area contributed by atoms with Crippen LogP contribution in [0.2, 0.25) is 0 Å². The Morgan fingerprint density at radius 2 is 0.745 bits per heavy atom. The van der Waals surface area contributed by atoms with E-state index in [1.165, 1.54) is 53.2 Å². The molecule has 0 aliphatic heterocycles. The van der Waals surface area contributed by atoms with Crippen LogP contribution in [-0.4, -0.2) is 15.0 Å². The molecule has 3 nitrogen and oxygen atoms in total. The van der Waals surface area contributed by atoms with E-state index in [0.29, 0.717) is 17.5 Å². The van der Waals surface area contributed by atoms with Gasteiger partial charge in [0, 0.05) is 42.4 Å². The van der Waals surface area contributed by atoms with Crippen molar-refractivity contribution in [1.82, 2.24) is 15.0 Å². The molecule has 0 amide bonds. The molecule has 0 N–H and O–H groups in total. The van der Waals surface area contributed by atoms with Crippen molar-refractivity contribution in [2.45, 2.75) is 0 Å².